The molecule has 1 aliphatic heterocycles. The Morgan fingerprint density at radius 2 is 1.97 bits per heavy atom. The Labute approximate surface area is 182 Å². The number of hydrogen-bond donors (Lipinski definition) is 1. The average molecular weight is 424 g/mol. The van der Waals surface area contributed by atoms with Gasteiger partial charge in [-0.25, -0.2) is 0 Å². The fourth-order valence-corrected chi connectivity index (χ4v) is 5.20. The fraction of sp³-hybridized carbons (Fsp3) is 0.478. The zero-order valence-corrected chi connectivity index (χ0v) is 18.5. The maximum atomic E-state index is 9.86. The largest absolute Gasteiger partial charge is 0.395 e. The molecule has 1 atom stereocenters. The lowest BCUT2D eigenvalue weighted by Gasteiger charge is -2.30. The SMILES string of the molecule is C=N/N=C1/C[C@](C)(CO)SCCN1CC1(c2ccc(-c3cnc(C)cn3)cc2)CC1. The molecule has 0 bridgehead atoms. The molecular formula is C23H29N5OS. The Bertz CT molecular complexity index is 924. The predicted octanol–water partition coefficient (Wildman–Crippen LogP) is 3.69. The van der Waals surface area contributed by atoms with Crippen LogP contribution in [0.15, 0.2) is 46.9 Å². The highest BCUT2D eigenvalue weighted by Crippen LogP contribution is 2.49. The number of hydrogen-bond acceptors (Lipinski definition) is 6. The van der Waals surface area contributed by atoms with E-state index >= 15 is 0 Å². The molecule has 158 valence electrons. The molecule has 2 aliphatic rings. The zero-order chi connectivity index (χ0) is 21.2. The first-order valence-electron chi connectivity index (χ1n) is 10.4. The van der Waals surface area contributed by atoms with Crippen LogP contribution < -0.4 is 0 Å². The van der Waals surface area contributed by atoms with Gasteiger partial charge in [-0.05, 0) is 32.3 Å². The summed E-state index contributed by atoms with van der Waals surface area (Å²) in [5, 5.41) is 18.0. The average Bonchev–Trinajstić information content (AvgIpc) is 3.56. The summed E-state index contributed by atoms with van der Waals surface area (Å²) in [5.74, 6) is 1.90. The highest BCUT2D eigenvalue weighted by molar-refractivity contribution is 8.00. The van der Waals surface area contributed by atoms with Gasteiger partial charge in [-0.2, -0.15) is 16.9 Å². The second kappa shape index (κ2) is 8.47. The third kappa shape index (κ3) is 4.42. The maximum Gasteiger partial charge on any atom is 0.129 e. The van der Waals surface area contributed by atoms with Crippen molar-refractivity contribution < 1.29 is 5.11 Å². The number of aliphatic hydroxyl groups excluding tert-OH is 1. The third-order valence-electron chi connectivity index (χ3n) is 6.15. The molecule has 0 radical (unpaired) electrons. The van der Waals surface area contributed by atoms with Gasteiger partial charge in [0.2, 0.25) is 0 Å². The van der Waals surface area contributed by atoms with Crippen LogP contribution in [-0.4, -0.2) is 62.7 Å². The van der Waals surface area contributed by atoms with Crippen LogP contribution in [0.1, 0.15) is 37.4 Å². The van der Waals surface area contributed by atoms with Crippen LogP contribution in [0.3, 0.4) is 0 Å². The number of aryl methyl sites for hydroxylation is 1. The zero-order valence-electron chi connectivity index (χ0n) is 17.7. The van der Waals surface area contributed by atoms with E-state index in [1.54, 1.807) is 6.20 Å². The second-order valence-electron chi connectivity index (χ2n) is 8.61. The molecule has 30 heavy (non-hydrogen) atoms. The van der Waals surface area contributed by atoms with Crippen molar-refractivity contribution in [1.29, 1.82) is 0 Å². The van der Waals surface area contributed by atoms with E-state index in [9.17, 15) is 5.11 Å². The minimum Gasteiger partial charge on any atom is -0.395 e. The van der Waals surface area contributed by atoms with E-state index in [0.717, 1.165) is 41.6 Å². The normalized spacial score (nSPS) is 24.5. The number of thioether (sulfide) groups is 1. The van der Waals surface area contributed by atoms with Gasteiger partial charge in [-0.1, -0.05) is 24.3 Å². The molecule has 1 aromatic carbocycles. The summed E-state index contributed by atoms with van der Waals surface area (Å²) in [5.41, 5.74) is 4.43. The maximum absolute atomic E-state index is 9.86. The molecular weight excluding hydrogens is 394 g/mol. The number of benzene rings is 1. The van der Waals surface area contributed by atoms with Crippen molar-refractivity contribution in [2.75, 3.05) is 25.4 Å². The summed E-state index contributed by atoms with van der Waals surface area (Å²) in [6.07, 6.45) is 6.68. The standard InChI is InChI=1S/C23H29N5OS/c1-17-13-26-20(14-25-17)18-4-6-19(7-5-18)23(8-9-23)15-28-10-11-30-22(2,16-29)12-21(28)27-24-3/h4-7,13-14,29H,3,8-12,15-16H2,1-2H3/b27-21-/t22-/m1/s1. The summed E-state index contributed by atoms with van der Waals surface area (Å²) in [6, 6.07) is 8.76. The van der Waals surface area contributed by atoms with Crippen molar-refractivity contribution in [2.45, 2.75) is 43.3 Å². The van der Waals surface area contributed by atoms with Crippen molar-refractivity contribution in [1.82, 2.24) is 14.9 Å². The number of amidine groups is 1. The van der Waals surface area contributed by atoms with Crippen molar-refractivity contribution in [3.63, 3.8) is 0 Å². The van der Waals surface area contributed by atoms with Crippen LogP contribution in [0.5, 0.6) is 0 Å². The molecule has 1 aromatic heterocycles. The van der Waals surface area contributed by atoms with Gasteiger partial charge in [0.25, 0.3) is 0 Å². The van der Waals surface area contributed by atoms with Crippen LogP contribution in [0, 0.1) is 6.92 Å². The van der Waals surface area contributed by atoms with Crippen LogP contribution >= 0.6 is 11.8 Å². The smallest absolute Gasteiger partial charge is 0.129 e. The van der Waals surface area contributed by atoms with Gasteiger partial charge >= 0.3 is 0 Å². The summed E-state index contributed by atoms with van der Waals surface area (Å²) in [7, 11) is 0. The van der Waals surface area contributed by atoms with Crippen LogP contribution in [0.25, 0.3) is 11.3 Å². The van der Waals surface area contributed by atoms with Gasteiger partial charge in [0.15, 0.2) is 0 Å². The van der Waals surface area contributed by atoms with E-state index in [1.807, 2.05) is 24.9 Å². The molecule has 2 fully saturated rings. The highest BCUT2D eigenvalue weighted by atomic mass is 32.2. The number of nitrogens with zero attached hydrogens (tertiary/aromatic N) is 5. The van der Waals surface area contributed by atoms with E-state index in [-0.39, 0.29) is 16.8 Å². The Kier molecular flexibility index (Phi) is 5.93. The number of aliphatic hydroxyl groups is 1. The van der Waals surface area contributed by atoms with Gasteiger partial charge in [-0.3, -0.25) is 9.97 Å². The first-order valence-corrected chi connectivity index (χ1v) is 11.4. The van der Waals surface area contributed by atoms with Crippen molar-refractivity contribution in [3.8, 4) is 11.3 Å². The van der Waals surface area contributed by atoms with Crippen molar-refractivity contribution in [2.24, 2.45) is 10.2 Å². The molecule has 2 heterocycles. The van der Waals surface area contributed by atoms with Crippen LogP contribution in [0.4, 0.5) is 0 Å². The fourth-order valence-electron chi connectivity index (χ4n) is 4.07. The molecule has 4 rings (SSSR count). The quantitative estimate of drug-likeness (QED) is 0.567. The molecule has 1 saturated carbocycles. The lowest BCUT2D eigenvalue weighted by Crippen LogP contribution is -2.40. The minimum atomic E-state index is -0.217. The van der Waals surface area contributed by atoms with Crippen molar-refractivity contribution >= 4 is 24.3 Å². The topological polar surface area (TPSA) is 74.0 Å². The Morgan fingerprint density at radius 3 is 2.57 bits per heavy atom. The second-order valence-corrected chi connectivity index (χ2v) is 10.3. The van der Waals surface area contributed by atoms with Crippen LogP contribution in [-0.2, 0) is 5.41 Å². The first-order chi connectivity index (χ1) is 14.5. The molecule has 0 amide bonds. The molecule has 2 aromatic rings. The molecule has 1 saturated heterocycles. The Hall–Kier alpha value is -2.25. The molecule has 1 aliphatic carbocycles. The summed E-state index contributed by atoms with van der Waals surface area (Å²) < 4.78 is -0.217. The lowest BCUT2D eigenvalue weighted by atomic mass is 9.93. The molecule has 1 N–H and O–H groups in total. The summed E-state index contributed by atoms with van der Waals surface area (Å²) >= 11 is 1.82. The monoisotopic (exact) mass is 423 g/mol. The Morgan fingerprint density at radius 1 is 1.20 bits per heavy atom. The first kappa shape index (κ1) is 21.0. The molecule has 0 spiro atoms. The highest BCUT2D eigenvalue weighted by Gasteiger charge is 2.46. The van der Waals surface area contributed by atoms with E-state index in [1.165, 1.54) is 18.4 Å². The minimum absolute atomic E-state index is 0.135. The summed E-state index contributed by atoms with van der Waals surface area (Å²) in [4.78, 5) is 11.2. The molecule has 6 nitrogen and oxygen atoms in total. The number of rotatable bonds is 6. The van der Waals surface area contributed by atoms with E-state index in [0.29, 0.717) is 6.42 Å². The van der Waals surface area contributed by atoms with E-state index in [2.05, 4.69) is 63.0 Å². The van der Waals surface area contributed by atoms with E-state index in [4.69, 9.17) is 0 Å². The van der Waals surface area contributed by atoms with Crippen molar-refractivity contribution in [3.05, 3.63) is 47.9 Å². The third-order valence-corrected chi connectivity index (χ3v) is 7.51. The van der Waals surface area contributed by atoms with Gasteiger partial charge in [-0.15, -0.1) is 5.10 Å². The van der Waals surface area contributed by atoms with E-state index < -0.39 is 0 Å². The Balaban J connectivity index is 1.53. The molecule has 0 unspecified atom stereocenters. The van der Waals surface area contributed by atoms with Gasteiger partial charge in [0.1, 0.15) is 5.84 Å². The number of aromatic nitrogens is 2. The lowest BCUT2D eigenvalue weighted by molar-refractivity contribution is 0.257. The van der Waals surface area contributed by atoms with Gasteiger partial charge in [0, 0.05) is 53.9 Å². The summed E-state index contributed by atoms with van der Waals surface area (Å²) in [6.45, 7) is 9.57. The van der Waals surface area contributed by atoms with Crippen LogP contribution in [0.2, 0.25) is 0 Å². The predicted molar refractivity (Wildman–Crippen MR) is 124 cm³/mol. The molecule has 7 heteroatoms. The van der Waals surface area contributed by atoms with Gasteiger partial charge in [0.05, 0.1) is 24.2 Å². The van der Waals surface area contributed by atoms with Gasteiger partial charge < -0.3 is 10.0 Å².